The van der Waals surface area contributed by atoms with Crippen LogP contribution in [0.25, 0.3) is 0 Å². The number of hydrogen-bond donors (Lipinski definition) is 2. The molecular weight excluding hydrogens is 672 g/mol. The molecule has 51 heavy (non-hydrogen) atoms. The van der Waals surface area contributed by atoms with Gasteiger partial charge in [0.1, 0.15) is 5.78 Å². The summed E-state index contributed by atoms with van der Waals surface area (Å²) in [6.07, 6.45) is 2.83. The number of nitrogens with one attached hydrogen (secondary N) is 2. The molecule has 0 saturated carbocycles. The molecule has 0 radical (unpaired) electrons. The first-order valence-corrected chi connectivity index (χ1v) is 18.5. The van der Waals surface area contributed by atoms with Crippen LogP contribution in [-0.4, -0.2) is 190 Å². The number of methoxy groups -OCH3 is 1. The SMILES string of the molecule is CCN[C@@H](CCCCNC(=O)CCOCCOCCOCCOCCOCCOCCOCCOCCOCCOCCOCCOC)C(C)=O. The van der Waals surface area contributed by atoms with Crippen LogP contribution in [0, 0.1) is 0 Å². The van der Waals surface area contributed by atoms with Crippen LogP contribution in [0.4, 0.5) is 0 Å². The highest BCUT2D eigenvalue weighted by molar-refractivity contribution is 5.81. The zero-order valence-electron chi connectivity index (χ0n) is 31.8. The lowest BCUT2D eigenvalue weighted by Gasteiger charge is -2.14. The molecule has 1 amide bonds. The fourth-order valence-electron chi connectivity index (χ4n) is 4.09. The number of ether oxygens (including phenoxy) is 12. The van der Waals surface area contributed by atoms with Gasteiger partial charge in [-0.05, 0) is 32.7 Å². The molecule has 0 spiro atoms. The van der Waals surface area contributed by atoms with Crippen molar-refractivity contribution in [3.05, 3.63) is 0 Å². The highest BCUT2D eigenvalue weighted by atomic mass is 16.6. The zero-order chi connectivity index (χ0) is 37.1. The maximum atomic E-state index is 11.9. The van der Waals surface area contributed by atoms with E-state index in [0.29, 0.717) is 165 Å². The second-order valence-corrected chi connectivity index (χ2v) is 11.0. The van der Waals surface area contributed by atoms with E-state index in [1.807, 2.05) is 6.92 Å². The maximum absolute atomic E-state index is 11.9. The first kappa shape index (κ1) is 49.6. The van der Waals surface area contributed by atoms with Crippen molar-refractivity contribution in [2.75, 3.05) is 172 Å². The lowest BCUT2D eigenvalue weighted by Crippen LogP contribution is -2.35. The van der Waals surface area contributed by atoms with Crippen molar-refractivity contribution in [1.82, 2.24) is 10.6 Å². The molecule has 1 atom stereocenters. The van der Waals surface area contributed by atoms with Gasteiger partial charge in [-0.3, -0.25) is 9.59 Å². The number of likely N-dealkylation sites (N-methyl/N-ethyl adjacent to an activating group) is 1. The monoisotopic (exact) mass is 742 g/mol. The van der Waals surface area contributed by atoms with E-state index in [9.17, 15) is 9.59 Å². The third kappa shape index (κ3) is 41.2. The predicted octanol–water partition coefficient (Wildman–Crippen LogP) is 1.06. The van der Waals surface area contributed by atoms with Gasteiger partial charge in [-0.1, -0.05) is 6.92 Å². The van der Waals surface area contributed by atoms with Crippen LogP contribution >= 0.6 is 0 Å². The summed E-state index contributed by atoms with van der Waals surface area (Å²) < 4.78 is 64.8. The van der Waals surface area contributed by atoms with E-state index < -0.39 is 0 Å². The van der Waals surface area contributed by atoms with Crippen LogP contribution in [0.1, 0.15) is 39.5 Å². The Kier molecular flexibility index (Phi) is 41.9. The number of amides is 1. The summed E-state index contributed by atoms with van der Waals surface area (Å²) in [4.78, 5) is 23.4. The Morgan fingerprint density at radius 1 is 0.471 bits per heavy atom. The van der Waals surface area contributed by atoms with Gasteiger partial charge in [0.05, 0.1) is 158 Å². The van der Waals surface area contributed by atoms with E-state index in [2.05, 4.69) is 10.6 Å². The lowest BCUT2D eigenvalue weighted by molar-refractivity contribution is -0.122. The number of unbranched alkanes of at least 4 members (excludes halogenated alkanes) is 1. The van der Waals surface area contributed by atoms with Crippen LogP contribution in [0.15, 0.2) is 0 Å². The summed E-state index contributed by atoms with van der Waals surface area (Å²) in [6.45, 7) is 16.4. The van der Waals surface area contributed by atoms with Gasteiger partial charge in [0, 0.05) is 20.1 Å². The summed E-state index contributed by atoms with van der Waals surface area (Å²) in [6, 6.07) is -0.0920. The molecule has 0 heterocycles. The number of ketones is 1. The topological polar surface area (TPSA) is 169 Å². The van der Waals surface area contributed by atoms with E-state index in [1.54, 1.807) is 14.0 Å². The molecule has 0 aliphatic heterocycles. The van der Waals surface area contributed by atoms with Gasteiger partial charge in [-0.25, -0.2) is 0 Å². The predicted molar refractivity (Wildman–Crippen MR) is 191 cm³/mol. The Balaban J connectivity index is 3.17. The van der Waals surface area contributed by atoms with Gasteiger partial charge in [0.2, 0.25) is 5.91 Å². The highest BCUT2D eigenvalue weighted by Gasteiger charge is 2.11. The number of Topliss-reactive ketones (excluding diaryl/α,β-unsaturated/α-hetero) is 1. The standard InChI is InChI=1S/C35H70N2O14/c1-4-36-34(33(2)38)7-5-6-9-37-35(39)8-10-41-13-14-43-17-18-45-21-22-47-25-26-49-29-30-51-32-31-50-28-27-48-24-23-46-20-19-44-16-15-42-12-11-40-3/h34,36H,4-32H2,1-3H3,(H,37,39)/t34-/m0/s1. The molecule has 16 nitrogen and oxygen atoms in total. The van der Waals surface area contributed by atoms with Gasteiger partial charge in [-0.2, -0.15) is 0 Å². The molecular formula is C35H70N2O14. The van der Waals surface area contributed by atoms with E-state index >= 15 is 0 Å². The van der Waals surface area contributed by atoms with Crippen LogP contribution in [0.5, 0.6) is 0 Å². The average Bonchev–Trinajstić information content (AvgIpc) is 3.12. The molecule has 16 heteroatoms. The Morgan fingerprint density at radius 2 is 0.784 bits per heavy atom. The van der Waals surface area contributed by atoms with Crippen molar-refractivity contribution in [3.63, 3.8) is 0 Å². The van der Waals surface area contributed by atoms with Crippen molar-refractivity contribution in [2.24, 2.45) is 0 Å². The van der Waals surface area contributed by atoms with E-state index in [0.717, 1.165) is 25.8 Å². The summed E-state index contributed by atoms with van der Waals surface area (Å²) in [5.74, 6) is 0.120. The van der Waals surface area contributed by atoms with Crippen LogP contribution in [-0.2, 0) is 66.4 Å². The first-order chi connectivity index (χ1) is 25.1. The van der Waals surface area contributed by atoms with E-state index in [-0.39, 0.29) is 17.7 Å². The number of carbonyl (C=O) groups is 2. The summed E-state index contributed by atoms with van der Waals surface area (Å²) in [7, 11) is 1.64. The van der Waals surface area contributed by atoms with Crippen molar-refractivity contribution in [3.8, 4) is 0 Å². The first-order valence-electron chi connectivity index (χ1n) is 18.5. The third-order valence-electron chi connectivity index (χ3n) is 6.81. The second-order valence-electron chi connectivity index (χ2n) is 11.0. The van der Waals surface area contributed by atoms with Crippen molar-refractivity contribution >= 4 is 11.7 Å². The molecule has 304 valence electrons. The molecule has 0 unspecified atom stereocenters. The number of hydrogen-bond acceptors (Lipinski definition) is 15. The summed E-state index contributed by atoms with van der Waals surface area (Å²) >= 11 is 0. The smallest absolute Gasteiger partial charge is 0.222 e. The highest BCUT2D eigenvalue weighted by Crippen LogP contribution is 2.02. The maximum Gasteiger partial charge on any atom is 0.222 e. The lowest BCUT2D eigenvalue weighted by atomic mass is 10.1. The van der Waals surface area contributed by atoms with Crippen LogP contribution in [0.3, 0.4) is 0 Å². The molecule has 0 fully saturated rings. The quantitative estimate of drug-likeness (QED) is 0.0850. The molecule has 0 saturated heterocycles. The average molecular weight is 743 g/mol. The minimum atomic E-state index is -0.0920. The molecule has 0 bridgehead atoms. The van der Waals surface area contributed by atoms with Gasteiger partial charge >= 0.3 is 0 Å². The number of carbonyl (C=O) groups excluding carboxylic acids is 2. The molecule has 0 rings (SSSR count). The van der Waals surface area contributed by atoms with Crippen molar-refractivity contribution < 1.29 is 66.4 Å². The van der Waals surface area contributed by atoms with Gasteiger partial charge in [0.15, 0.2) is 0 Å². The Hall–Kier alpha value is -1.38. The van der Waals surface area contributed by atoms with Crippen molar-refractivity contribution in [1.29, 1.82) is 0 Å². The fourth-order valence-corrected chi connectivity index (χ4v) is 4.09. The van der Waals surface area contributed by atoms with Crippen LogP contribution in [0.2, 0.25) is 0 Å². The Morgan fingerprint density at radius 3 is 1.08 bits per heavy atom. The second kappa shape index (κ2) is 43.0. The summed E-state index contributed by atoms with van der Waals surface area (Å²) in [5.41, 5.74) is 0. The van der Waals surface area contributed by atoms with Crippen LogP contribution < -0.4 is 10.6 Å². The largest absolute Gasteiger partial charge is 0.382 e. The minimum Gasteiger partial charge on any atom is -0.382 e. The van der Waals surface area contributed by atoms with Crippen molar-refractivity contribution in [2.45, 2.75) is 45.6 Å². The fraction of sp³-hybridized carbons (Fsp3) is 0.943. The zero-order valence-corrected chi connectivity index (χ0v) is 31.8. The van der Waals surface area contributed by atoms with Gasteiger partial charge in [0.25, 0.3) is 0 Å². The van der Waals surface area contributed by atoms with E-state index in [1.165, 1.54) is 0 Å². The Labute approximate surface area is 306 Å². The minimum absolute atomic E-state index is 0.0356. The molecule has 0 aromatic carbocycles. The van der Waals surface area contributed by atoms with E-state index in [4.69, 9.17) is 56.8 Å². The Bertz CT molecular complexity index is 726. The molecule has 2 N–H and O–H groups in total. The molecule has 0 aliphatic carbocycles. The third-order valence-corrected chi connectivity index (χ3v) is 6.81. The number of rotatable bonds is 44. The molecule has 0 aromatic heterocycles. The normalized spacial score (nSPS) is 12.1. The molecule has 0 aromatic rings. The summed E-state index contributed by atoms with van der Waals surface area (Å²) in [5, 5.41) is 6.06. The van der Waals surface area contributed by atoms with Gasteiger partial charge < -0.3 is 67.5 Å². The van der Waals surface area contributed by atoms with Gasteiger partial charge in [-0.15, -0.1) is 0 Å². The molecule has 0 aliphatic rings.